The second-order valence-electron chi connectivity index (χ2n) is 6.84. The first kappa shape index (κ1) is 17.3. The predicted octanol–water partition coefficient (Wildman–Crippen LogP) is 1.12. The number of carbonyl (C=O) groups excluding carboxylic acids is 2. The highest BCUT2D eigenvalue weighted by molar-refractivity contribution is 5.86. The summed E-state index contributed by atoms with van der Waals surface area (Å²) in [6.07, 6.45) is 8.35. The van der Waals surface area contributed by atoms with Crippen LogP contribution in [0, 0.1) is 0 Å². The molecule has 1 saturated heterocycles. The Kier molecular flexibility index (Phi) is 4.61. The minimum absolute atomic E-state index is 0.337. The molecule has 2 aromatic rings. The molecule has 142 valence electrons. The first-order valence-electron chi connectivity index (χ1n) is 9.11. The number of aromatic nitrogens is 4. The van der Waals surface area contributed by atoms with Gasteiger partial charge in [-0.25, -0.2) is 4.79 Å². The van der Waals surface area contributed by atoms with Crippen LogP contribution in [0.1, 0.15) is 38.2 Å². The molecule has 0 bridgehead atoms. The Morgan fingerprint density at radius 3 is 2.74 bits per heavy atom. The normalized spacial score (nSPS) is 17.2. The zero-order valence-corrected chi connectivity index (χ0v) is 15.1. The van der Waals surface area contributed by atoms with Crippen molar-refractivity contribution >= 4 is 36.1 Å². The molecule has 10 nitrogen and oxygen atoms in total. The number of allylic oxidation sites excluding steroid dienone is 1. The van der Waals surface area contributed by atoms with Gasteiger partial charge in [-0.3, -0.25) is 10.1 Å². The van der Waals surface area contributed by atoms with E-state index in [1.54, 1.807) is 23.7 Å². The quantitative estimate of drug-likeness (QED) is 0.652. The molecule has 0 aromatic carbocycles. The maximum Gasteiger partial charge on any atom is 0.325 e. The number of anilines is 2. The monoisotopic (exact) mass is 370 g/mol. The molecule has 0 unspecified atom stereocenters. The third-order valence-electron chi connectivity index (χ3n) is 4.56. The highest BCUT2D eigenvalue weighted by Crippen LogP contribution is 2.27. The van der Waals surface area contributed by atoms with E-state index < -0.39 is 6.03 Å². The number of hydrogen-bond donors (Lipinski definition) is 3. The highest BCUT2D eigenvalue weighted by atomic mass is 16.2. The summed E-state index contributed by atoms with van der Waals surface area (Å²) in [7, 11) is 0. The summed E-state index contributed by atoms with van der Waals surface area (Å²) in [4.78, 5) is 33.4. The van der Waals surface area contributed by atoms with E-state index in [2.05, 4.69) is 20.6 Å². The van der Waals surface area contributed by atoms with Crippen LogP contribution in [-0.2, 0) is 4.79 Å². The van der Waals surface area contributed by atoms with Gasteiger partial charge in [0, 0.05) is 30.4 Å². The van der Waals surface area contributed by atoms with Crippen LogP contribution in [0.3, 0.4) is 0 Å². The second kappa shape index (κ2) is 7.22. The van der Waals surface area contributed by atoms with Gasteiger partial charge in [-0.1, -0.05) is 0 Å². The lowest BCUT2D eigenvalue weighted by Crippen LogP contribution is -2.33. The van der Waals surface area contributed by atoms with Crippen molar-refractivity contribution in [3.8, 4) is 0 Å². The van der Waals surface area contributed by atoms with E-state index in [1.165, 1.54) is 0 Å². The molecule has 1 aliphatic carbocycles. The van der Waals surface area contributed by atoms with E-state index in [9.17, 15) is 9.59 Å². The number of nitrogens with one attached hydrogen (secondary N) is 3. The van der Waals surface area contributed by atoms with Crippen LogP contribution >= 0.6 is 0 Å². The topological polar surface area (TPSA) is 117 Å². The molecule has 3 heterocycles. The molecule has 0 spiro atoms. The first-order chi connectivity index (χ1) is 13.1. The summed E-state index contributed by atoms with van der Waals surface area (Å²) in [5.41, 5.74) is 2.01. The van der Waals surface area contributed by atoms with E-state index >= 15 is 0 Å². The minimum Gasteiger partial charge on any atom is -0.351 e. The lowest BCUT2D eigenvalue weighted by molar-refractivity contribution is -0.108. The van der Waals surface area contributed by atoms with E-state index in [4.69, 9.17) is 9.97 Å². The fourth-order valence-corrected chi connectivity index (χ4v) is 3.09. The lowest BCUT2D eigenvalue weighted by atomic mass is 10.3. The molecule has 10 heteroatoms. The zero-order chi connectivity index (χ0) is 18.8. The summed E-state index contributed by atoms with van der Waals surface area (Å²) in [6, 6.07) is -0.146. The summed E-state index contributed by atoms with van der Waals surface area (Å²) in [5, 5.41) is 12.5. The maximum atomic E-state index is 11.5. The van der Waals surface area contributed by atoms with Crippen LogP contribution in [0.25, 0.3) is 11.7 Å². The Balaban J connectivity index is 1.69. The third-order valence-corrected chi connectivity index (χ3v) is 4.56. The molecule has 27 heavy (non-hydrogen) atoms. The van der Waals surface area contributed by atoms with Gasteiger partial charge in [0.25, 0.3) is 0 Å². The van der Waals surface area contributed by atoms with Gasteiger partial charge in [-0.05, 0) is 38.7 Å². The van der Waals surface area contributed by atoms with E-state index in [1.807, 2.05) is 5.32 Å². The van der Waals surface area contributed by atoms with Crippen molar-refractivity contribution < 1.29 is 9.59 Å². The number of carbonyl (C=O) groups is 2. The van der Waals surface area contributed by atoms with Crippen molar-refractivity contribution in [3.05, 3.63) is 17.5 Å². The smallest absolute Gasteiger partial charge is 0.325 e. The Labute approximate surface area is 156 Å². The Morgan fingerprint density at radius 2 is 2.04 bits per heavy atom. The number of urea groups is 1. The minimum atomic E-state index is -0.585. The Morgan fingerprint density at radius 1 is 1.26 bits per heavy atom. The van der Waals surface area contributed by atoms with Crippen LogP contribution < -0.4 is 20.9 Å². The number of fused-ring (bicyclic) bond motifs is 1. The van der Waals surface area contributed by atoms with Gasteiger partial charge < -0.3 is 15.5 Å². The van der Waals surface area contributed by atoms with Crippen LogP contribution in [0.4, 0.5) is 16.7 Å². The van der Waals surface area contributed by atoms with Crippen molar-refractivity contribution in [1.82, 2.24) is 30.2 Å². The van der Waals surface area contributed by atoms with Gasteiger partial charge in [0.15, 0.2) is 5.65 Å². The number of hydrogen-bond acceptors (Lipinski definition) is 7. The molecule has 0 radical (unpaired) electrons. The van der Waals surface area contributed by atoms with Gasteiger partial charge >= 0.3 is 6.03 Å². The van der Waals surface area contributed by atoms with Gasteiger partial charge in [0.1, 0.15) is 0 Å². The summed E-state index contributed by atoms with van der Waals surface area (Å²) >= 11 is 0. The Hall–Kier alpha value is -3.17. The Bertz CT molecular complexity index is 896. The van der Waals surface area contributed by atoms with Crippen LogP contribution in [-0.4, -0.2) is 51.2 Å². The lowest BCUT2D eigenvalue weighted by Gasteiger charge is -2.17. The SMILES string of the molecule is C/C(=C/c1cnn2c(NC3CC3)nc(N3CCCC3)nc12)NC(=O)NC=O. The fourth-order valence-electron chi connectivity index (χ4n) is 3.09. The van der Waals surface area contributed by atoms with E-state index in [0.717, 1.165) is 44.3 Å². The fraction of sp³-hybridized carbons (Fsp3) is 0.471. The van der Waals surface area contributed by atoms with E-state index in [0.29, 0.717) is 35.7 Å². The van der Waals surface area contributed by atoms with Crippen LogP contribution in [0.2, 0.25) is 0 Å². The second-order valence-corrected chi connectivity index (χ2v) is 6.84. The summed E-state index contributed by atoms with van der Waals surface area (Å²) in [6.45, 7) is 3.63. The molecule has 1 aliphatic heterocycles. The third kappa shape index (κ3) is 3.83. The molecule has 3 N–H and O–H groups in total. The van der Waals surface area contributed by atoms with Crippen molar-refractivity contribution in [2.45, 2.75) is 38.6 Å². The molecule has 2 fully saturated rings. The number of rotatable bonds is 6. The summed E-state index contributed by atoms with van der Waals surface area (Å²) in [5.74, 6) is 1.39. The van der Waals surface area contributed by atoms with Gasteiger partial charge in [0.2, 0.25) is 18.3 Å². The van der Waals surface area contributed by atoms with Crippen LogP contribution in [0.15, 0.2) is 11.9 Å². The molecular formula is C17H22N8O2. The highest BCUT2D eigenvalue weighted by Gasteiger charge is 2.25. The molecule has 0 atom stereocenters. The van der Waals surface area contributed by atoms with Crippen molar-refractivity contribution in [2.24, 2.45) is 0 Å². The molecular weight excluding hydrogens is 348 g/mol. The number of nitrogens with zero attached hydrogens (tertiary/aromatic N) is 5. The van der Waals surface area contributed by atoms with Gasteiger partial charge in [0.05, 0.1) is 6.20 Å². The summed E-state index contributed by atoms with van der Waals surface area (Å²) < 4.78 is 1.70. The zero-order valence-electron chi connectivity index (χ0n) is 15.1. The molecule has 4 rings (SSSR count). The first-order valence-corrected chi connectivity index (χ1v) is 9.11. The molecule has 3 amide bonds. The van der Waals surface area contributed by atoms with Crippen molar-refractivity contribution in [3.63, 3.8) is 0 Å². The average Bonchev–Trinajstić information content (AvgIpc) is 3.12. The van der Waals surface area contributed by atoms with Crippen molar-refractivity contribution in [1.29, 1.82) is 0 Å². The van der Waals surface area contributed by atoms with Crippen LogP contribution in [0.5, 0.6) is 0 Å². The average molecular weight is 370 g/mol. The molecule has 2 aliphatic rings. The number of amides is 3. The predicted molar refractivity (Wildman–Crippen MR) is 100 cm³/mol. The maximum absolute atomic E-state index is 11.5. The van der Waals surface area contributed by atoms with E-state index in [-0.39, 0.29) is 0 Å². The van der Waals surface area contributed by atoms with Gasteiger partial charge in [-0.2, -0.15) is 19.6 Å². The molecule has 1 saturated carbocycles. The standard InChI is InChI=1S/C17H22N8O2/c1-11(20-17(27)18-10-26)8-12-9-19-25-14(12)22-15(24-6-2-3-7-24)23-16(25)21-13-4-5-13/h8-10,13H,2-7H2,1H3,(H,21,22,23)(H2,18,20,26,27)/b11-8-. The van der Waals surface area contributed by atoms with Crippen molar-refractivity contribution in [2.75, 3.05) is 23.3 Å². The number of imide groups is 1. The largest absolute Gasteiger partial charge is 0.351 e. The molecule has 2 aromatic heterocycles. The van der Waals surface area contributed by atoms with Gasteiger partial charge in [-0.15, -0.1) is 0 Å².